The summed E-state index contributed by atoms with van der Waals surface area (Å²) in [7, 11) is 0. The highest BCUT2D eigenvalue weighted by molar-refractivity contribution is 5.37. The molecule has 0 amide bonds. The van der Waals surface area contributed by atoms with E-state index in [9.17, 15) is 13.2 Å². The minimum absolute atomic E-state index is 0.00913. The number of ether oxygens (including phenoxy) is 1. The maximum absolute atomic E-state index is 13.4. The van der Waals surface area contributed by atoms with Crippen molar-refractivity contribution in [1.29, 1.82) is 0 Å². The molecular formula is C16H13F3N4O. The molecule has 0 radical (unpaired) electrons. The number of nitrogens with zero attached hydrogens (tertiary/aromatic N) is 4. The second kappa shape index (κ2) is 6.69. The van der Waals surface area contributed by atoms with Crippen LogP contribution in [0.25, 0.3) is 5.69 Å². The summed E-state index contributed by atoms with van der Waals surface area (Å²) in [6.07, 6.45) is 1.56. The lowest BCUT2D eigenvalue weighted by Crippen LogP contribution is -2.00. The average molecular weight is 336 g/mol. The Morgan fingerprint density at radius 1 is 1.25 bits per heavy atom. The summed E-state index contributed by atoms with van der Waals surface area (Å²) in [6.45, 7) is 1.83. The van der Waals surface area contributed by atoms with Crippen LogP contribution in [0, 0.1) is 12.7 Å². The molecule has 3 rings (SSSR count). The predicted octanol–water partition coefficient (Wildman–Crippen LogP) is 3.63. The van der Waals surface area contributed by atoms with Crippen LogP contribution < -0.4 is 4.74 Å². The van der Waals surface area contributed by atoms with Crippen LogP contribution in [0.1, 0.15) is 24.5 Å². The van der Waals surface area contributed by atoms with Crippen LogP contribution in [0.4, 0.5) is 13.2 Å². The van der Waals surface area contributed by atoms with E-state index in [0.29, 0.717) is 5.56 Å². The molecule has 0 aliphatic heterocycles. The number of aryl methyl sites for hydroxylation is 1. The third kappa shape index (κ3) is 3.53. The smallest absolute Gasteiger partial charge is 0.316 e. The van der Waals surface area contributed by atoms with Crippen LogP contribution in [0.3, 0.4) is 0 Å². The molecule has 0 spiro atoms. The van der Waals surface area contributed by atoms with E-state index in [-0.39, 0.29) is 24.5 Å². The van der Waals surface area contributed by atoms with Gasteiger partial charge in [0.15, 0.2) is 0 Å². The first kappa shape index (κ1) is 14.7. The highest BCUT2D eigenvalue weighted by atomic mass is 19.3. The Morgan fingerprint density at radius 3 is 2.71 bits per heavy atom. The molecule has 2 aromatic heterocycles. The molecule has 5 nitrogen and oxygen atoms in total. The van der Waals surface area contributed by atoms with Gasteiger partial charge in [0, 0.05) is 24.1 Å². The van der Waals surface area contributed by atoms with Crippen molar-refractivity contribution >= 4 is 0 Å². The zero-order valence-corrected chi connectivity index (χ0v) is 12.6. The maximum atomic E-state index is 13.4. The minimum Gasteiger partial charge on any atom is -0.458 e. The van der Waals surface area contributed by atoms with Gasteiger partial charge in [-0.25, -0.2) is 27.8 Å². The molecule has 124 valence electrons. The van der Waals surface area contributed by atoms with Gasteiger partial charge in [0.2, 0.25) is 0 Å². The predicted molar refractivity (Wildman–Crippen MR) is 79.6 cm³/mol. The fourth-order valence-corrected chi connectivity index (χ4v) is 1.95. The number of halogens is 3. The van der Waals surface area contributed by atoms with E-state index in [4.69, 9.17) is 6.11 Å². The van der Waals surface area contributed by atoms with Crippen molar-refractivity contribution < 1.29 is 19.3 Å². The second-order valence-electron chi connectivity index (χ2n) is 5.03. The molecule has 0 atom stereocenters. The Labute approximate surface area is 137 Å². The summed E-state index contributed by atoms with van der Waals surface area (Å²) in [5, 5.41) is 3.98. The fraction of sp³-hybridized carbons (Fsp3) is 0.188. The molecule has 0 saturated carbocycles. The van der Waals surface area contributed by atoms with Crippen LogP contribution in [0.15, 0.2) is 43.0 Å². The van der Waals surface area contributed by atoms with Crippen molar-refractivity contribution in [2.45, 2.75) is 20.0 Å². The van der Waals surface area contributed by atoms with Crippen molar-refractivity contribution in [2.24, 2.45) is 0 Å². The van der Waals surface area contributed by atoms with Gasteiger partial charge in [-0.15, -0.1) is 0 Å². The quantitative estimate of drug-likeness (QED) is 0.714. The monoisotopic (exact) mass is 336 g/mol. The largest absolute Gasteiger partial charge is 0.458 e. The number of benzene rings is 1. The standard InChI is InChI=1S/C16H13F3N4O/c1-10-5-20-16(21-6-10)24-9-11-7-22-23(8-11)12-2-3-14(17)13(4-12)15(18)19/h2-8,15H,9H2,1H3/i8T. The van der Waals surface area contributed by atoms with E-state index in [1.165, 1.54) is 12.3 Å². The van der Waals surface area contributed by atoms with Crippen LogP contribution in [0.2, 0.25) is 0 Å². The van der Waals surface area contributed by atoms with Crippen molar-refractivity contribution in [3.05, 3.63) is 65.5 Å². The number of aromatic nitrogens is 4. The van der Waals surface area contributed by atoms with Gasteiger partial charge < -0.3 is 4.74 Å². The molecule has 0 aliphatic carbocycles. The zero-order valence-electron chi connectivity index (χ0n) is 13.6. The summed E-state index contributed by atoms with van der Waals surface area (Å²) in [4.78, 5) is 7.96. The number of hydrogen-bond donors (Lipinski definition) is 0. The van der Waals surface area contributed by atoms with Gasteiger partial charge >= 0.3 is 6.01 Å². The lowest BCUT2D eigenvalue weighted by atomic mass is 10.2. The normalized spacial score (nSPS) is 11.6. The Balaban J connectivity index is 1.81. The van der Waals surface area contributed by atoms with Crippen molar-refractivity contribution in [1.82, 2.24) is 19.7 Å². The molecule has 24 heavy (non-hydrogen) atoms. The molecule has 1 aromatic carbocycles. The van der Waals surface area contributed by atoms with Gasteiger partial charge in [-0.3, -0.25) is 0 Å². The molecule has 2 heterocycles. The first-order valence-corrected chi connectivity index (χ1v) is 6.98. The van der Waals surface area contributed by atoms with Crippen LogP contribution in [-0.4, -0.2) is 19.7 Å². The maximum Gasteiger partial charge on any atom is 0.316 e. The van der Waals surface area contributed by atoms with Crippen molar-refractivity contribution in [2.75, 3.05) is 0 Å². The number of hydrogen-bond acceptors (Lipinski definition) is 4. The van der Waals surface area contributed by atoms with E-state index < -0.39 is 17.8 Å². The third-order valence-electron chi connectivity index (χ3n) is 3.15. The molecule has 8 heteroatoms. The average Bonchev–Trinajstić information content (AvgIpc) is 2.95. The molecule has 0 fully saturated rings. The zero-order chi connectivity index (χ0) is 18.0. The second-order valence-corrected chi connectivity index (χ2v) is 5.03. The molecule has 0 aliphatic rings. The van der Waals surface area contributed by atoms with Gasteiger partial charge in [-0.2, -0.15) is 5.10 Å². The number of rotatable bonds is 5. The Bertz CT molecular complexity index is 884. The first-order chi connectivity index (χ1) is 12.0. The summed E-state index contributed by atoms with van der Waals surface area (Å²) >= 11 is 0. The fourth-order valence-electron chi connectivity index (χ4n) is 1.95. The summed E-state index contributed by atoms with van der Waals surface area (Å²) in [6, 6.07) is 3.33. The van der Waals surface area contributed by atoms with Gasteiger partial charge in [0.05, 0.1) is 18.8 Å². The number of alkyl halides is 2. The van der Waals surface area contributed by atoms with Gasteiger partial charge in [0.25, 0.3) is 6.43 Å². The lowest BCUT2D eigenvalue weighted by molar-refractivity contribution is 0.146. The van der Waals surface area contributed by atoms with E-state index >= 15 is 0 Å². The molecule has 3 aromatic rings. The van der Waals surface area contributed by atoms with Crippen molar-refractivity contribution in [3.8, 4) is 11.7 Å². The van der Waals surface area contributed by atoms with E-state index in [1.807, 2.05) is 6.92 Å². The Morgan fingerprint density at radius 2 is 2.00 bits per heavy atom. The van der Waals surface area contributed by atoms with E-state index in [0.717, 1.165) is 22.4 Å². The van der Waals surface area contributed by atoms with Crippen LogP contribution in [-0.2, 0) is 6.61 Å². The highest BCUT2D eigenvalue weighted by Crippen LogP contribution is 2.24. The van der Waals surface area contributed by atoms with Gasteiger partial charge in [-0.1, -0.05) is 0 Å². The molecule has 0 unspecified atom stereocenters. The Hall–Kier alpha value is -2.90. The minimum atomic E-state index is -2.95. The molecule has 0 N–H and O–H groups in total. The molecular weight excluding hydrogens is 321 g/mol. The summed E-state index contributed by atoms with van der Waals surface area (Å²) in [5.41, 5.74) is 0.720. The summed E-state index contributed by atoms with van der Waals surface area (Å²) < 4.78 is 53.6. The first-order valence-electron chi connectivity index (χ1n) is 7.48. The van der Waals surface area contributed by atoms with E-state index in [2.05, 4.69) is 15.1 Å². The van der Waals surface area contributed by atoms with Gasteiger partial charge in [-0.05, 0) is 30.7 Å². The summed E-state index contributed by atoms with van der Waals surface area (Å²) in [5.74, 6) is -1.00. The molecule has 0 bridgehead atoms. The van der Waals surface area contributed by atoms with Crippen LogP contribution in [0.5, 0.6) is 6.01 Å². The lowest BCUT2D eigenvalue weighted by Gasteiger charge is -2.06. The SMILES string of the molecule is [3H]c1c(COc2ncc(C)cn2)cnn1-c1ccc(F)c(C(F)F)c1. The third-order valence-corrected chi connectivity index (χ3v) is 3.15. The Kier molecular flexibility index (Phi) is 4.09. The van der Waals surface area contributed by atoms with Gasteiger partial charge in [0.1, 0.15) is 12.4 Å². The van der Waals surface area contributed by atoms with Crippen molar-refractivity contribution in [3.63, 3.8) is 0 Å². The topological polar surface area (TPSA) is 52.8 Å². The van der Waals surface area contributed by atoms with E-state index in [1.54, 1.807) is 12.4 Å². The highest BCUT2D eigenvalue weighted by Gasteiger charge is 2.14. The van der Waals surface area contributed by atoms with Crippen LogP contribution >= 0.6 is 0 Å². The molecule has 0 saturated heterocycles.